The molecule has 0 saturated carbocycles. The van der Waals surface area contributed by atoms with Crippen LogP contribution in [0.1, 0.15) is 36.9 Å². The van der Waals surface area contributed by atoms with Gasteiger partial charge in [0.05, 0.1) is 0 Å². The fraction of sp³-hybridized carbons (Fsp3) is 0.600. The molecule has 0 spiro atoms. The summed E-state index contributed by atoms with van der Waals surface area (Å²) in [5.41, 5.74) is 9.69. The van der Waals surface area contributed by atoms with Gasteiger partial charge in [-0.3, -0.25) is 4.90 Å². The molecule has 1 aromatic rings. The second-order valence-corrected chi connectivity index (χ2v) is 6.29. The molecule has 1 aliphatic rings. The first-order valence-corrected chi connectivity index (χ1v) is 8.12. The molecule has 0 amide bonds. The summed E-state index contributed by atoms with van der Waals surface area (Å²) in [5, 5.41) is 0. The van der Waals surface area contributed by atoms with E-state index in [2.05, 4.69) is 37.3 Å². The van der Waals surface area contributed by atoms with Crippen LogP contribution >= 0.6 is 11.8 Å². The average Bonchev–Trinajstić information content (AvgIpc) is 2.77. The van der Waals surface area contributed by atoms with Gasteiger partial charge in [0, 0.05) is 17.8 Å². The predicted octanol–water partition coefficient (Wildman–Crippen LogP) is 3.33. The maximum atomic E-state index is 5.86. The molecule has 2 rings (SSSR count). The van der Waals surface area contributed by atoms with Gasteiger partial charge in [0.2, 0.25) is 0 Å². The number of nitrogen functional groups attached to an aromatic ring is 1. The van der Waals surface area contributed by atoms with Gasteiger partial charge in [-0.1, -0.05) is 6.07 Å². The Hall–Kier alpha value is -0.670. The molecule has 0 fully saturated rings. The number of hydrogen-bond donors (Lipinski definition) is 1. The summed E-state index contributed by atoms with van der Waals surface area (Å²) in [6, 6.07) is 7.64. The first kappa shape index (κ1) is 13.8. The van der Waals surface area contributed by atoms with E-state index in [1.54, 1.807) is 0 Å². The molecule has 0 bridgehead atoms. The second-order valence-electron chi connectivity index (χ2n) is 5.31. The van der Waals surface area contributed by atoms with Gasteiger partial charge in [0.25, 0.3) is 0 Å². The summed E-state index contributed by atoms with van der Waals surface area (Å²) in [5.74, 6) is 1.24. The van der Waals surface area contributed by atoms with Crippen LogP contribution in [0.25, 0.3) is 0 Å². The summed E-state index contributed by atoms with van der Waals surface area (Å²) in [6.07, 6.45) is 5.85. The van der Waals surface area contributed by atoms with Crippen molar-refractivity contribution in [1.82, 2.24) is 4.90 Å². The molecule has 2 atom stereocenters. The van der Waals surface area contributed by atoms with E-state index in [1.165, 1.54) is 36.1 Å². The molecular weight excluding hydrogens is 240 g/mol. The molecule has 2 N–H and O–H groups in total. The van der Waals surface area contributed by atoms with E-state index in [0.29, 0.717) is 12.1 Å². The van der Waals surface area contributed by atoms with Crippen LogP contribution in [0.3, 0.4) is 0 Å². The number of fused-ring (bicyclic) bond motifs is 1. The first-order chi connectivity index (χ1) is 8.63. The zero-order chi connectivity index (χ0) is 13.1. The lowest BCUT2D eigenvalue weighted by Gasteiger charge is -2.31. The Morgan fingerprint density at radius 1 is 1.50 bits per heavy atom. The van der Waals surface area contributed by atoms with Crippen molar-refractivity contribution in [3.63, 3.8) is 0 Å². The molecule has 0 heterocycles. The van der Waals surface area contributed by atoms with E-state index in [0.717, 1.165) is 5.69 Å². The van der Waals surface area contributed by atoms with Crippen LogP contribution in [0.5, 0.6) is 0 Å². The Balaban J connectivity index is 2.08. The maximum absolute atomic E-state index is 5.86. The summed E-state index contributed by atoms with van der Waals surface area (Å²) in [4.78, 5) is 2.54. The van der Waals surface area contributed by atoms with Crippen molar-refractivity contribution in [3.8, 4) is 0 Å². The van der Waals surface area contributed by atoms with Crippen LogP contribution in [-0.2, 0) is 6.42 Å². The number of rotatable bonds is 5. The maximum Gasteiger partial charge on any atom is 0.0353 e. The number of nitrogens with two attached hydrogens (primary N) is 1. The van der Waals surface area contributed by atoms with Crippen molar-refractivity contribution < 1.29 is 0 Å². The minimum atomic E-state index is 0.581. The van der Waals surface area contributed by atoms with Gasteiger partial charge < -0.3 is 5.73 Å². The minimum Gasteiger partial charge on any atom is -0.399 e. The Morgan fingerprint density at radius 3 is 3.00 bits per heavy atom. The highest BCUT2D eigenvalue weighted by atomic mass is 32.2. The SMILES string of the molecule is CSCCC(C)N(C)C1CCc2cc(N)ccc21. The summed E-state index contributed by atoms with van der Waals surface area (Å²) in [6.45, 7) is 2.34. The lowest BCUT2D eigenvalue weighted by atomic mass is 10.0. The molecule has 2 unspecified atom stereocenters. The number of benzene rings is 1. The van der Waals surface area contributed by atoms with E-state index in [9.17, 15) is 0 Å². The summed E-state index contributed by atoms with van der Waals surface area (Å²) in [7, 11) is 2.26. The second kappa shape index (κ2) is 5.98. The van der Waals surface area contributed by atoms with E-state index >= 15 is 0 Å². The smallest absolute Gasteiger partial charge is 0.0353 e. The van der Waals surface area contributed by atoms with E-state index in [1.807, 2.05) is 17.8 Å². The van der Waals surface area contributed by atoms with Crippen LogP contribution in [0.2, 0.25) is 0 Å². The topological polar surface area (TPSA) is 29.3 Å². The van der Waals surface area contributed by atoms with Gasteiger partial charge in [-0.15, -0.1) is 0 Å². The number of aryl methyl sites for hydroxylation is 1. The number of nitrogens with zero attached hydrogens (tertiary/aromatic N) is 1. The third kappa shape index (κ3) is 2.83. The Labute approximate surface area is 115 Å². The van der Waals surface area contributed by atoms with Crippen LogP contribution in [-0.4, -0.2) is 30.0 Å². The van der Waals surface area contributed by atoms with Crippen molar-refractivity contribution in [1.29, 1.82) is 0 Å². The monoisotopic (exact) mass is 264 g/mol. The van der Waals surface area contributed by atoms with Crippen LogP contribution in [0.15, 0.2) is 18.2 Å². The normalized spacial score (nSPS) is 20.1. The van der Waals surface area contributed by atoms with Gasteiger partial charge in [-0.25, -0.2) is 0 Å². The summed E-state index contributed by atoms with van der Waals surface area (Å²) >= 11 is 1.93. The van der Waals surface area contributed by atoms with Crippen molar-refractivity contribution in [2.45, 2.75) is 38.3 Å². The number of thioether (sulfide) groups is 1. The minimum absolute atomic E-state index is 0.581. The zero-order valence-corrected chi connectivity index (χ0v) is 12.5. The number of hydrogen-bond acceptors (Lipinski definition) is 3. The summed E-state index contributed by atoms with van der Waals surface area (Å²) < 4.78 is 0. The zero-order valence-electron chi connectivity index (χ0n) is 11.6. The van der Waals surface area contributed by atoms with Gasteiger partial charge in [0.15, 0.2) is 0 Å². The van der Waals surface area contributed by atoms with E-state index in [-0.39, 0.29) is 0 Å². The van der Waals surface area contributed by atoms with Gasteiger partial charge in [-0.05, 0) is 68.5 Å². The fourth-order valence-corrected chi connectivity index (χ4v) is 3.41. The largest absolute Gasteiger partial charge is 0.399 e. The third-order valence-electron chi connectivity index (χ3n) is 4.14. The van der Waals surface area contributed by atoms with Crippen molar-refractivity contribution in [3.05, 3.63) is 29.3 Å². The highest BCUT2D eigenvalue weighted by molar-refractivity contribution is 7.98. The average molecular weight is 264 g/mol. The molecule has 1 aliphatic carbocycles. The highest BCUT2D eigenvalue weighted by Crippen LogP contribution is 2.37. The van der Waals surface area contributed by atoms with Crippen molar-refractivity contribution in [2.24, 2.45) is 0 Å². The van der Waals surface area contributed by atoms with Gasteiger partial charge in [0.1, 0.15) is 0 Å². The van der Waals surface area contributed by atoms with E-state index < -0.39 is 0 Å². The molecule has 100 valence electrons. The van der Waals surface area contributed by atoms with Crippen LogP contribution < -0.4 is 5.73 Å². The predicted molar refractivity (Wildman–Crippen MR) is 82.1 cm³/mol. The Morgan fingerprint density at radius 2 is 2.28 bits per heavy atom. The molecule has 0 aromatic heterocycles. The Kier molecular flexibility index (Phi) is 4.57. The lowest BCUT2D eigenvalue weighted by molar-refractivity contribution is 0.181. The molecule has 1 aromatic carbocycles. The molecule has 3 heteroatoms. The number of anilines is 1. The Bertz CT molecular complexity index is 405. The van der Waals surface area contributed by atoms with E-state index in [4.69, 9.17) is 5.73 Å². The molecule has 0 saturated heterocycles. The quantitative estimate of drug-likeness (QED) is 0.827. The van der Waals surface area contributed by atoms with Crippen molar-refractivity contribution in [2.75, 3.05) is 24.8 Å². The molecular formula is C15H24N2S. The highest BCUT2D eigenvalue weighted by Gasteiger charge is 2.28. The fourth-order valence-electron chi connectivity index (χ4n) is 2.84. The van der Waals surface area contributed by atoms with Crippen LogP contribution in [0, 0.1) is 0 Å². The molecule has 0 aliphatic heterocycles. The van der Waals surface area contributed by atoms with Gasteiger partial charge >= 0.3 is 0 Å². The molecule has 18 heavy (non-hydrogen) atoms. The van der Waals surface area contributed by atoms with Gasteiger partial charge in [-0.2, -0.15) is 11.8 Å². The first-order valence-electron chi connectivity index (χ1n) is 6.72. The molecule has 2 nitrogen and oxygen atoms in total. The standard InChI is InChI=1S/C15H24N2S/c1-11(8-9-18-3)17(2)15-7-4-12-10-13(16)5-6-14(12)15/h5-6,10-11,15H,4,7-9,16H2,1-3H3. The van der Waals surface area contributed by atoms with Crippen molar-refractivity contribution >= 4 is 17.4 Å². The molecule has 0 radical (unpaired) electrons. The van der Waals surface area contributed by atoms with Crippen LogP contribution in [0.4, 0.5) is 5.69 Å². The third-order valence-corrected chi connectivity index (χ3v) is 4.78. The lowest BCUT2D eigenvalue weighted by Crippen LogP contribution is -2.32.